The lowest BCUT2D eigenvalue weighted by Gasteiger charge is -2.03. The molecule has 0 saturated heterocycles. The van der Waals surface area contributed by atoms with E-state index >= 15 is 0 Å². The zero-order valence-corrected chi connectivity index (χ0v) is 13.4. The fourth-order valence-corrected chi connectivity index (χ4v) is 3.15. The molecule has 2 rings (SSSR count). The average molecular weight is 310 g/mol. The Hall–Kier alpha value is -1.34. The zero-order valence-electron chi connectivity index (χ0n) is 11.8. The minimum absolute atomic E-state index is 0.115. The van der Waals surface area contributed by atoms with Crippen LogP contribution in [-0.2, 0) is 12.3 Å². The van der Waals surface area contributed by atoms with E-state index in [-0.39, 0.29) is 11.9 Å². The van der Waals surface area contributed by atoms with Crippen LogP contribution in [0.25, 0.3) is 0 Å². The zero-order chi connectivity index (χ0) is 14.5. The highest BCUT2D eigenvalue weighted by Crippen LogP contribution is 2.15. The van der Waals surface area contributed by atoms with E-state index in [0.29, 0.717) is 12.1 Å². The number of rotatable bonds is 6. The van der Waals surface area contributed by atoms with Crippen LogP contribution in [0.4, 0.5) is 0 Å². The maximum Gasteiger partial charge on any atom is 0.254 e. The number of hydrogen-bond acceptors (Lipinski definition) is 5. The molecule has 2 heterocycles. The average Bonchev–Trinajstić information content (AvgIpc) is 3.05. The number of thioether (sulfide) groups is 1. The van der Waals surface area contributed by atoms with Crippen molar-refractivity contribution in [2.75, 3.05) is 6.26 Å². The normalized spacial score (nSPS) is 11.0. The molecule has 0 saturated carbocycles. The molecule has 108 valence electrons. The molecular formula is C13H18N4OS2. The smallest absolute Gasteiger partial charge is 0.254 e. The van der Waals surface area contributed by atoms with Crippen LogP contribution in [-0.4, -0.2) is 26.9 Å². The minimum atomic E-state index is -0.115. The van der Waals surface area contributed by atoms with Crippen molar-refractivity contribution >= 4 is 29.0 Å². The van der Waals surface area contributed by atoms with Crippen molar-refractivity contribution in [1.29, 1.82) is 0 Å². The highest BCUT2D eigenvalue weighted by atomic mass is 32.2. The van der Waals surface area contributed by atoms with Crippen molar-refractivity contribution in [2.45, 2.75) is 32.2 Å². The summed E-state index contributed by atoms with van der Waals surface area (Å²) in [6.07, 6.45) is 5.41. The van der Waals surface area contributed by atoms with Crippen molar-refractivity contribution in [3.05, 3.63) is 34.0 Å². The predicted molar refractivity (Wildman–Crippen MR) is 83.1 cm³/mol. The number of aromatic nitrogens is 3. The summed E-state index contributed by atoms with van der Waals surface area (Å²) in [6, 6.07) is 0.254. The molecule has 0 spiro atoms. The van der Waals surface area contributed by atoms with Gasteiger partial charge in [-0.25, -0.2) is 4.98 Å². The highest BCUT2D eigenvalue weighted by molar-refractivity contribution is 7.97. The van der Waals surface area contributed by atoms with Crippen molar-refractivity contribution in [3.63, 3.8) is 0 Å². The topological polar surface area (TPSA) is 59.8 Å². The van der Waals surface area contributed by atoms with Gasteiger partial charge < -0.3 is 5.32 Å². The first-order chi connectivity index (χ1) is 9.60. The second kappa shape index (κ2) is 6.90. The Bertz CT molecular complexity index is 576. The van der Waals surface area contributed by atoms with Gasteiger partial charge in [-0.15, -0.1) is 11.3 Å². The third-order valence-electron chi connectivity index (χ3n) is 2.69. The van der Waals surface area contributed by atoms with E-state index in [2.05, 4.69) is 21.7 Å². The van der Waals surface area contributed by atoms with E-state index in [9.17, 15) is 4.79 Å². The van der Waals surface area contributed by atoms with Gasteiger partial charge >= 0.3 is 0 Å². The molecule has 5 nitrogen and oxygen atoms in total. The Morgan fingerprint density at radius 1 is 1.55 bits per heavy atom. The van der Waals surface area contributed by atoms with Crippen molar-refractivity contribution in [2.24, 2.45) is 0 Å². The van der Waals surface area contributed by atoms with Gasteiger partial charge in [-0.1, -0.05) is 0 Å². The summed E-state index contributed by atoms with van der Waals surface area (Å²) >= 11 is 3.37. The summed E-state index contributed by atoms with van der Waals surface area (Å²) in [6.45, 7) is 4.50. The second-order valence-electron chi connectivity index (χ2n) is 4.65. The Kier molecular flexibility index (Phi) is 5.19. The number of nitrogens with one attached hydrogen (secondary N) is 1. The lowest BCUT2D eigenvalue weighted by Crippen LogP contribution is -2.22. The lowest BCUT2D eigenvalue weighted by atomic mass is 10.3. The maximum absolute atomic E-state index is 12.0. The molecule has 0 aliphatic heterocycles. The first kappa shape index (κ1) is 15.1. The van der Waals surface area contributed by atoms with Crippen molar-refractivity contribution < 1.29 is 4.79 Å². The van der Waals surface area contributed by atoms with Crippen LogP contribution in [0.1, 0.15) is 40.9 Å². The minimum Gasteiger partial charge on any atom is -0.346 e. The molecule has 0 aliphatic rings. The molecule has 0 fully saturated rings. The number of thiazole rings is 1. The van der Waals surface area contributed by atoms with Crippen LogP contribution in [0.15, 0.2) is 17.8 Å². The maximum atomic E-state index is 12.0. The molecule has 2 aromatic heterocycles. The van der Waals surface area contributed by atoms with Gasteiger partial charge in [0, 0.05) is 23.4 Å². The molecular weight excluding hydrogens is 292 g/mol. The highest BCUT2D eigenvalue weighted by Gasteiger charge is 2.10. The molecule has 7 heteroatoms. The summed E-state index contributed by atoms with van der Waals surface area (Å²) in [5.74, 6) is 0.802. The lowest BCUT2D eigenvalue weighted by molar-refractivity contribution is 0.0950. The Morgan fingerprint density at radius 3 is 3.00 bits per heavy atom. The summed E-state index contributed by atoms with van der Waals surface area (Å²) in [5.41, 5.74) is 1.49. The van der Waals surface area contributed by atoms with E-state index in [1.165, 1.54) is 0 Å². The standard InChI is InChI=1S/C13H18N4OS2/c1-9(2)17-6-10(4-15-17)13(18)14-5-11-7-20-12(16-11)8-19-3/h4,6-7,9H,5,8H2,1-3H3,(H,14,18). The second-order valence-corrected chi connectivity index (χ2v) is 6.46. The van der Waals surface area contributed by atoms with Gasteiger partial charge in [0.25, 0.3) is 5.91 Å². The molecule has 0 bridgehead atoms. The van der Waals surface area contributed by atoms with Crippen LogP contribution < -0.4 is 5.32 Å². The molecule has 0 atom stereocenters. The molecule has 0 radical (unpaired) electrons. The van der Waals surface area contributed by atoms with Gasteiger partial charge in [0.1, 0.15) is 5.01 Å². The molecule has 2 aromatic rings. The molecule has 0 aliphatic carbocycles. The van der Waals surface area contributed by atoms with E-state index < -0.39 is 0 Å². The van der Waals surface area contributed by atoms with Crippen LogP contribution in [0.2, 0.25) is 0 Å². The van der Waals surface area contributed by atoms with Gasteiger partial charge in [-0.2, -0.15) is 16.9 Å². The van der Waals surface area contributed by atoms with Gasteiger partial charge in [0.05, 0.1) is 24.0 Å². The van der Waals surface area contributed by atoms with Crippen LogP contribution in [0, 0.1) is 0 Å². The van der Waals surface area contributed by atoms with Gasteiger partial charge in [0.15, 0.2) is 0 Å². The summed E-state index contributed by atoms with van der Waals surface area (Å²) in [5, 5.41) is 10.1. The fourth-order valence-electron chi connectivity index (χ4n) is 1.63. The Labute approximate surface area is 126 Å². The van der Waals surface area contributed by atoms with Crippen LogP contribution >= 0.6 is 23.1 Å². The summed E-state index contributed by atoms with van der Waals surface area (Å²) in [7, 11) is 0. The monoisotopic (exact) mass is 310 g/mol. The fraction of sp³-hybridized carbons (Fsp3) is 0.462. The Morgan fingerprint density at radius 2 is 2.35 bits per heavy atom. The number of carbonyl (C=O) groups is 1. The molecule has 0 unspecified atom stereocenters. The van der Waals surface area contributed by atoms with Crippen LogP contribution in [0.3, 0.4) is 0 Å². The predicted octanol–water partition coefficient (Wildman–Crippen LogP) is 2.71. The van der Waals surface area contributed by atoms with Gasteiger partial charge in [-0.05, 0) is 20.1 Å². The van der Waals surface area contributed by atoms with E-state index in [1.807, 2.05) is 19.2 Å². The molecule has 1 N–H and O–H groups in total. The third-order valence-corrected chi connectivity index (χ3v) is 4.33. The number of nitrogens with zero attached hydrogens (tertiary/aromatic N) is 3. The van der Waals surface area contributed by atoms with E-state index in [4.69, 9.17) is 0 Å². The molecule has 20 heavy (non-hydrogen) atoms. The first-order valence-corrected chi connectivity index (χ1v) is 8.62. The van der Waals surface area contributed by atoms with E-state index in [0.717, 1.165) is 16.5 Å². The van der Waals surface area contributed by atoms with Crippen LogP contribution in [0.5, 0.6) is 0 Å². The van der Waals surface area contributed by atoms with Gasteiger partial charge in [0.2, 0.25) is 0 Å². The quantitative estimate of drug-likeness (QED) is 0.891. The number of amides is 1. The summed E-state index contributed by atoms with van der Waals surface area (Å²) < 4.78 is 1.77. The third kappa shape index (κ3) is 3.83. The molecule has 1 amide bonds. The number of carbonyl (C=O) groups excluding carboxylic acids is 1. The summed E-state index contributed by atoms with van der Waals surface area (Å²) in [4.78, 5) is 16.5. The van der Waals surface area contributed by atoms with Crippen molar-refractivity contribution in [1.82, 2.24) is 20.1 Å². The largest absolute Gasteiger partial charge is 0.346 e. The molecule has 0 aromatic carbocycles. The SMILES string of the molecule is CSCc1nc(CNC(=O)c2cnn(C(C)C)c2)cs1. The van der Waals surface area contributed by atoms with Crippen molar-refractivity contribution in [3.8, 4) is 0 Å². The Balaban J connectivity index is 1.90. The van der Waals surface area contributed by atoms with E-state index in [1.54, 1.807) is 40.2 Å². The van der Waals surface area contributed by atoms with Gasteiger partial charge in [-0.3, -0.25) is 9.48 Å². The first-order valence-electron chi connectivity index (χ1n) is 6.34. The number of hydrogen-bond donors (Lipinski definition) is 1.